The Bertz CT molecular complexity index is 737. The van der Waals surface area contributed by atoms with Gasteiger partial charge in [-0.25, -0.2) is 4.68 Å². The molecule has 5 nitrogen and oxygen atoms in total. The molecule has 0 atom stereocenters. The highest BCUT2D eigenvalue weighted by molar-refractivity contribution is 5.60. The van der Waals surface area contributed by atoms with Gasteiger partial charge in [-0.3, -0.25) is 0 Å². The molecule has 1 heterocycles. The van der Waals surface area contributed by atoms with Crippen molar-refractivity contribution in [1.82, 2.24) is 14.8 Å². The second kappa shape index (κ2) is 5.66. The topological polar surface area (TPSA) is 52.0 Å². The molecule has 0 aliphatic heterocycles. The van der Waals surface area contributed by atoms with E-state index in [0.29, 0.717) is 5.95 Å². The fourth-order valence-electron chi connectivity index (χ4n) is 2.01. The number of nitrogens with one attached hydrogen (secondary N) is 1. The van der Waals surface area contributed by atoms with Crippen LogP contribution in [-0.2, 0) is 0 Å². The van der Waals surface area contributed by atoms with E-state index >= 15 is 0 Å². The van der Waals surface area contributed by atoms with Gasteiger partial charge in [-0.2, -0.15) is 4.98 Å². The van der Waals surface area contributed by atoms with Crippen LogP contribution in [0, 0.1) is 6.92 Å². The minimum atomic E-state index is 0.551. The average Bonchev–Trinajstić information content (AvgIpc) is 2.99. The number of methoxy groups -OCH3 is 1. The average molecular weight is 280 g/mol. The lowest BCUT2D eigenvalue weighted by Gasteiger charge is -2.08. The van der Waals surface area contributed by atoms with Crippen LogP contribution in [-0.4, -0.2) is 21.9 Å². The first-order chi connectivity index (χ1) is 10.3. The Kier molecular flexibility index (Phi) is 3.55. The van der Waals surface area contributed by atoms with Gasteiger partial charge in [-0.15, -0.1) is 5.10 Å². The molecule has 0 aliphatic rings. The van der Waals surface area contributed by atoms with Crippen molar-refractivity contribution in [1.29, 1.82) is 0 Å². The summed E-state index contributed by atoms with van der Waals surface area (Å²) in [4.78, 5) is 4.28. The molecule has 0 spiro atoms. The summed E-state index contributed by atoms with van der Waals surface area (Å²) in [5.41, 5.74) is 3.01. The predicted octanol–water partition coefficient (Wildman–Crippen LogP) is 3.33. The SMILES string of the molecule is COc1ccc(C)c(Nc2ncn(-c3ccccc3)n2)c1. The summed E-state index contributed by atoms with van der Waals surface area (Å²) in [5, 5.41) is 7.64. The van der Waals surface area contributed by atoms with Crippen molar-refractivity contribution in [2.45, 2.75) is 6.92 Å². The maximum Gasteiger partial charge on any atom is 0.246 e. The number of aryl methyl sites for hydroxylation is 1. The third-order valence-electron chi connectivity index (χ3n) is 3.20. The Morgan fingerprint density at radius 1 is 1.10 bits per heavy atom. The third-order valence-corrected chi connectivity index (χ3v) is 3.20. The van der Waals surface area contributed by atoms with E-state index in [9.17, 15) is 0 Å². The van der Waals surface area contributed by atoms with Crippen LogP contribution in [0.25, 0.3) is 5.69 Å². The summed E-state index contributed by atoms with van der Waals surface area (Å²) in [7, 11) is 1.65. The van der Waals surface area contributed by atoms with Gasteiger partial charge >= 0.3 is 0 Å². The quantitative estimate of drug-likeness (QED) is 0.796. The van der Waals surface area contributed by atoms with E-state index in [2.05, 4.69) is 15.4 Å². The van der Waals surface area contributed by atoms with Crippen molar-refractivity contribution >= 4 is 11.6 Å². The smallest absolute Gasteiger partial charge is 0.246 e. The molecule has 5 heteroatoms. The molecule has 0 unspecified atom stereocenters. The number of benzene rings is 2. The highest BCUT2D eigenvalue weighted by Crippen LogP contribution is 2.24. The lowest BCUT2D eigenvalue weighted by molar-refractivity contribution is 0.415. The lowest BCUT2D eigenvalue weighted by atomic mass is 10.2. The lowest BCUT2D eigenvalue weighted by Crippen LogP contribution is -1.98. The number of hydrogen-bond acceptors (Lipinski definition) is 4. The van der Waals surface area contributed by atoms with Crippen LogP contribution in [0.15, 0.2) is 54.9 Å². The maximum absolute atomic E-state index is 5.24. The van der Waals surface area contributed by atoms with Crippen molar-refractivity contribution in [2.75, 3.05) is 12.4 Å². The molecule has 3 rings (SSSR count). The Balaban J connectivity index is 1.85. The van der Waals surface area contributed by atoms with Gasteiger partial charge in [0.25, 0.3) is 0 Å². The van der Waals surface area contributed by atoms with Crippen molar-refractivity contribution in [3.63, 3.8) is 0 Å². The molecule has 0 bridgehead atoms. The van der Waals surface area contributed by atoms with Crippen LogP contribution in [0.2, 0.25) is 0 Å². The monoisotopic (exact) mass is 280 g/mol. The molecule has 0 fully saturated rings. The second-order valence-corrected chi connectivity index (χ2v) is 4.65. The van der Waals surface area contributed by atoms with Crippen molar-refractivity contribution in [2.24, 2.45) is 0 Å². The number of ether oxygens (including phenoxy) is 1. The summed E-state index contributed by atoms with van der Waals surface area (Å²) in [5.74, 6) is 1.35. The maximum atomic E-state index is 5.24. The van der Waals surface area contributed by atoms with Crippen LogP contribution in [0.4, 0.5) is 11.6 Å². The van der Waals surface area contributed by atoms with E-state index in [1.807, 2.05) is 55.5 Å². The fraction of sp³-hybridized carbons (Fsp3) is 0.125. The summed E-state index contributed by atoms with van der Waals surface area (Å²) >= 11 is 0. The molecule has 3 aromatic rings. The van der Waals surface area contributed by atoms with Crippen molar-refractivity contribution < 1.29 is 4.74 Å². The fourth-order valence-corrected chi connectivity index (χ4v) is 2.01. The molecular weight excluding hydrogens is 264 g/mol. The molecule has 0 saturated carbocycles. The summed E-state index contributed by atoms with van der Waals surface area (Å²) in [6, 6.07) is 15.7. The molecule has 0 radical (unpaired) electrons. The molecule has 0 aliphatic carbocycles. The van der Waals surface area contributed by atoms with Gasteiger partial charge < -0.3 is 10.1 Å². The zero-order valence-electron chi connectivity index (χ0n) is 11.9. The van der Waals surface area contributed by atoms with E-state index in [0.717, 1.165) is 22.7 Å². The highest BCUT2D eigenvalue weighted by Gasteiger charge is 2.06. The molecule has 21 heavy (non-hydrogen) atoms. The van der Waals surface area contributed by atoms with Crippen LogP contribution in [0.1, 0.15) is 5.56 Å². The zero-order chi connectivity index (χ0) is 14.7. The largest absolute Gasteiger partial charge is 0.497 e. The number of rotatable bonds is 4. The van der Waals surface area contributed by atoms with Gasteiger partial charge in [0.05, 0.1) is 12.8 Å². The summed E-state index contributed by atoms with van der Waals surface area (Å²) in [6.45, 7) is 2.02. The zero-order valence-corrected chi connectivity index (χ0v) is 11.9. The Hall–Kier alpha value is -2.82. The standard InChI is InChI=1S/C16H16N4O/c1-12-8-9-14(21-2)10-15(12)18-16-17-11-20(19-16)13-6-4-3-5-7-13/h3-11H,1-2H3,(H,18,19). The van der Waals surface area contributed by atoms with Gasteiger partial charge in [0.2, 0.25) is 5.95 Å². The molecule has 106 valence electrons. The molecule has 2 aromatic carbocycles. The predicted molar refractivity (Wildman–Crippen MR) is 82.4 cm³/mol. The first kappa shape index (κ1) is 13.2. The molecule has 1 N–H and O–H groups in total. The second-order valence-electron chi connectivity index (χ2n) is 4.65. The number of aromatic nitrogens is 3. The number of para-hydroxylation sites is 1. The van der Waals surface area contributed by atoms with Crippen molar-refractivity contribution in [3.8, 4) is 11.4 Å². The van der Waals surface area contributed by atoms with E-state index in [-0.39, 0.29) is 0 Å². The van der Waals surface area contributed by atoms with Gasteiger partial charge in [-0.05, 0) is 30.7 Å². The van der Waals surface area contributed by atoms with Gasteiger partial charge in [0.15, 0.2) is 0 Å². The number of nitrogens with zero attached hydrogens (tertiary/aromatic N) is 3. The Labute approximate surface area is 123 Å². The van der Waals surface area contributed by atoms with Gasteiger partial charge in [-0.1, -0.05) is 24.3 Å². The van der Waals surface area contributed by atoms with E-state index in [1.54, 1.807) is 18.1 Å². The van der Waals surface area contributed by atoms with E-state index in [4.69, 9.17) is 4.74 Å². The van der Waals surface area contributed by atoms with Crippen LogP contribution < -0.4 is 10.1 Å². The Morgan fingerprint density at radius 3 is 2.67 bits per heavy atom. The number of anilines is 2. The first-order valence-electron chi connectivity index (χ1n) is 6.65. The van der Waals surface area contributed by atoms with Crippen LogP contribution >= 0.6 is 0 Å². The first-order valence-corrected chi connectivity index (χ1v) is 6.65. The summed E-state index contributed by atoms with van der Waals surface area (Å²) in [6.07, 6.45) is 1.69. The minimum Gasteiger partial charge on any atom is -0.497 e. The third kappa shape index (κ3) is 2.86. The summed E-state index contributed by atoms with van der Waals surface area (Å²) < 4.78 is 6.97. The van der Waals surface area contributed by atoms with Crippen LogP contribution in [0.5, 0.6) is 5.75 Å². The number of hydrogen-bond donors (Lipinski definition) is 1. The molecular formula is C16H16N4O. The molecule has 0 saturated heterocycles. The van der Waals surface area contributed by atoms with E-state index < -0.39 is 0 Å². The highest BCUT2D eigenvalue weighted by atomic mass is 16.5. The normalized spacial score (nSPS) is 10.4. The van der Waals surface area contributed by atoms with Crippen molar-refractivity contribution in [3.05, 3.63) is 60.4 Å². The van der Waals surface area contributed by atoms with E-state index in [1.165, 1.54) is 0 Å². The Morgan fingerprint density at radius 2 is 1.90 bits per heavy atom. The molecule has 0 amide bonds. The van der Waals surface area contributed by atoms with Crippen LogP contribution in [0.3, 0.4) is 0 Å². The van der Waals surface area contributed by atoms with Gasteiger partial charge in [0.1, 0.15) is 12.1 Å². The van der Waals surface area contributed by atoms with Gasteiger partial charge in [0, 0.05) is 11.8 Å². The minimum absolute atomic E-state index is 0.551. The molecule has 1 aromatic heterocycles.